The molecule has 0 aliphatic heterocycles. The van der Waals surface area contributed by atoms with Gasteiger partial charge in [0.2, 0.25) is 0 Å². The van der Waals surface area contributed by atoms with Gasteiger partial charge in [-0.15, -0.1) is 0 Å². The van der Waals surface area contributed by atoms with Crippen molar-refractivity contribution in [1.29, 1.82) is 0 Å². The van der Waals surface area contributed by atoms with Crippen molar-refractivity contribution in [2.45, 2.75) is 6.54 Å². The molecule has 0 aliphatic rings. The number of hydrogen-bond donors (Lipinski definition) is 2. The number of benzene rings is 3. The highest BCUT2D eigenvalue weighted by atomic mass is 79.9. The van der Waals surface area contributed by atoms with Crippen LogP contribution in [0.1, 0.15) is 5.56 Å². The second-order valence-corrected chi connectivity index (χ2v) is 7.58. The van der Waals surface area contributed by atoms with Crippen molar-refractivity contribution < 1.29 is 9.47 Å². The maximum absolute atomic E-state index is 5.35. The van der Waals surface area contributed by atoms with E-state index in [4.69, 9.17) is 9.47 Å². The van der Waals surface area contributed by atoms with Crippen molar-refractivity contribution in [3.05, 3.63) is 77.0 Å². The van der Waals surface area contributed by atoms with Crippen LogP contribution in [0, 0.1) is 0 Å². The highest BCUT2D eigenvalue weighted by molar-refractivity contribution is 9.10. The van der Waals surface area contributed by atoms with Crippen LogP contribution in [0.2, 0.25) is 0 Å². The van der Waals surface area contributed by atoms with Gasteiger partial charge in [0.15, 0.2) is 0 Å². The van der Waals surface area contributed by atoms with Crippen molar-refractivity contribution in [3.8, 4) is 11.5 Å². The molecule has 0 unspecified atom stereocenters. The molecule has 0 atom stereocenters. The molecule has 0 saturated heterocycles. The van der Waals surface area contributed by atoms with E-state index in [1.54, 1.807) is 20.5 Å². The van der Waals surface area contributed by atoms with E-state index in [0.717, 1.165) is 49.6 Å². The highest BCUT2D eigenvalue weighted by Gasteiger charge is 2.07. The quantitative estimate of drug-likeness (QED) is 0.362. The lowest BCUT2D eigenvalue weighted by molar-refractivity contribution is 0.393. The molecular weight excluding hydrogens is 444 g/mol. The third-order valence-corrected chi connectivity index (χ3v) is 5.12. The third-order valence-electron chi connectivity index (χ3n) is 4.63. The van der Waals surface area contributed by atoms with Gasteiger partial charge in [0, 0.05) is 33.8 Å². The lowest BCUT2D eigenvalue weighted by atomic mass is 10.1. The lowest BCUT2D eigenvalue weighted by Gasteiger charge is -2.12. The van der Waals surface area contributed by atoms with Crippen molar-refractivity contribution in [2.24, 2.45) is 0 Å². The zero-order chi connectivity index (χ0) is 20.9. The summed E-state index contributed by atoms with van der Waals surface area (Å²) >= 11 is 3.50. The summed E-state index contributed by atoms with van der Waals surface area (Å²) in [6.07, 6.45) is 1.57. The van der Waals surface area contributed by atoms with Crippen LogP contribution < -0.4 is 20.1 Å². The molecule has 0 aliphatic carbocycles. The van der Waals surface area contributed by atoms with Gasteiger partial charge in [-0.25, -0.2) is 9.97 Å². The van der Waals surface area contributed by atoms with Crippen LogP contribution in [0.4, 0.5) is 17.2 Å². The number of aromatic nitrogens is 2. The summed E-state index contributed by atoms with van der Waals surface area (Å²) in [6.45, 7) is 0.626. The van der Waals surface area contributed by atoms with E-state index in [0.29, 0.717) is 6.54 Å². The van der Waals surface area contributed by atoms with Crippen LogP contribution in [0.3, 0.4) is 0 Å². The summed E-state index contributed by atoms with van der Waals surface area (Å²) < 4.78 is 11.7. The molecule has 4 aromatic rings. The Morgan fingerprint density at radius 1 is 0.867 bits per heavy atom. The molecule has 2 N–H and O–H groups in total. The number of methoxy groups -OCH3 is 2. The minimum atomic E-state index is 0.626. The predicted octanol–water partition coefficient (Wildman–Crippen LogP) is 5.77. The maximum atomic E-state index is 5.35. The molecule has 3 aromatic carbocycles. The minimum absolute atomic E-state index is 0.626. The zero-order valence-corrected chi connectivity index (χ0v) is 18.2. The summed E-state index contributed by atoms with van der Waals surface area (Å²) in [7, 11) is 3.30. The van der Waals surface area contributed by atoms with Crippen LogP contribution >= 0.6 is 15.9 Å². The molecule has 30 heavy (non-hydrogen) atoms. The normalized spacial score (nSPS) is 10.6. The van der Waals surface area contributed by atoms with E-state index >= 15 is 0 Å². The summed E-state index contributed by atoms with van der Waals surface area (Å²) in [5, 5.41) is 7.77. The van der Waals surface area contributed by atoms with Gasteiger partial charge in [-0.3, -0.25) is 0 Å². The number of rotatable bonds is 7. The van der Waals surface area contributed by atoms with Crippen molar-refractivity contribution >= 4 is 44.0 Å². The molecule has 4 rings (SSSR count). The van der Waals surface area contributed by atoms with E-state index in [1.807, 2.05) is 60.7 Å². The summed E-state index contributed by atoms with van der Waals surface area (Å²) in [4.78, 5) is 8.82. The van der Waals surface area contributed by atoms with Gasteiger partial charge in [-0.2, -0.15) is 0 Å². The number of hydrogen-bond acceptors (Lipinski definition) is 6. The smallest absolute Gasteiger partial charge is 0.141 e. The molecule has 0 bridgehead atoms. The van der Waals surface area contributed by atoms with Crippen LogP contribution in [0.5, 0.6) is 11.5 Å². The Hall–Kier alpha value is -3.32. The minimum Gasteiger partial charge on any atom is -0.497 e. The molecule has 6 nitrogen and oxygen atoms in total. The Bertz CT molecular complexity index is 1160. The van der Waals surface area contributed by atoms with Crippen molar-refractivity contribution in [1.82, 2.24) is 9.97 Å². The van der Waals surface area contributed by atoms with E-state index in [9.17, 15) is 0 Å². The van der Waals surface area contributed by atoms with Crippen LogP contribution in [-0.4, -0.2) is 24.2 Å². The Balaban J connectivity index is 1.58. The van der Waals surface area contributed by atoms with E-state index in [-0.39, 0.29) is 0 Å². The number of ether oxygens (including phenoxy) is 2. The van der Waals surface area contributed by atoms with E-state index < -0.39 is 0 Å². The Kier molecular flexibility index (Phi) is 5.99. The van der Waals surface area contributed by atoms with Gasteiger partial charge >= 0.3 is 0 Å². The molecule has 1 aromatic heterocycles. The Morgan fingerprint density at radius 3 is 2.40 bits per heavy atom. The van der Waals surface area contributed by atoms with Crippen LogP contribution in [0.25, 0.3) is 10.9 Å². The average Bonchev–Trinajstić information content (AvgIpc) is 2.77. The number of anilines is 3. The van der Waals surface area contributed by atoms with Crippen molar-refractivity contribution in [3.63, 3.8) is 0 Å². The molecule has 1 heterocycles. The first-order valence-corrected chi connectivity index (χ1v) is 10.2. The first-order valence-electron chi connectivity index (χ1n) is 9.38. The maximum Gasteiger partial charge on any atom is 0.141 e. The van der Waals surface area contributed by atoms with Gasteiger partial charge in [-0.05, 0) is 54.1 Å². The fourth-order valence-corrected chi connectivity index (χ4v) is 3.54. The SMILES string of the molecule is COc1cc(CNc2ccc3ncnc(Nc4cccc(Br)c4)c3c2)cc(OC)c1. The van der Waals surface area contributed by atoms with Gasteiger partial charge in [0.25, 0.3) is 0 Å². The summed E-state index contributed by atoms with van der Waals surface area (Å²) in [5.74, 6) is 2.28. The average molecular weight is 465 g/mol. The molecule has 0 saturated carbocycles. The Labute approximate surface area is 183 Å². The number of nitrogens with zero attached hydrogens (tertiary/aromatic N) is 2. The standard InChI is InChI=1S/C23H21BrN4O2/c1-29-19-8-15(9-20(12-19)30-2)13-25-17-6-7-22-21(11-17)23(27-14-26-22)28-18-5-3-4-16(24)10-18/h3-12,14,25H,13H2,1-2H3,(H,26,27,28). The molecule has 0 amide bonds. The van der Waals surface area contributed by atoms with Crippen LogP contribution in [-0.2, 0) is 6.54 Å². The number of fused-ring (bicyclic) bond motifs is 1. The topological polar surface area (TPSA) is 68.3 Å². The lowest BCUT2D eigenvalue weighted by Crippen LogP contribution is -2.01. The van der Waals surface area contributed by atoms with Gasteiger partial charge < -0.3 is 20.1 Å². The molecule has 0 spiro atoms. The first-order chi connectivity index (χ1) is 14.6. The number of nitrogens with one attached hydrogen (secondary N) is 2. The predicted molar refractivity (Wildman–Crippen MR) is 124 cm³/mol. The molecule has 0 radical (unpaired) electrons. The summed E-state index contributed by atoms with van der Waals surface area (Å²) in [6, 6.07) is 19.8. The second-order valence-electron chi connectivity index (χ2n) is 6.66. The fraction of sp³-hybridized carbons (Fsp3) is 0.130. The van der Waals surface area contributed by atoms with Crippen LogP contribution in [0.15, 0.2) is 71.5 Å². The monoisotopic (exact) mass is 464 g/mol. The molecule has 0 fully saturated rings. The molecule has 7 heteroatoms. The zero-order valence-electron chi connectivity index (χ0n) is 16.6. The molecular formula is C23H21BrN4O2. The largest absolute Gasteiger partial charge is 0.497 e. The summed E-state index contributed by atoms with van der Waals surface area (Å²) in [5.41, 5.74) is 3.85. The fourth-order valence-electron chi connectivity index (χ4n) is 3.14. The second kappa shape index (κ2) is 9.00. The third kappa shape index (κ3) is 4.63. The van der Waals surface area contributed by atoms with Gasteiger partial charge in [0.05, 0.1) is 19.7 Å². The number of halogens is 1. The Morgan fingerprint density at radius 2 is 1.67 bits per heavy atom. The van der Waals surface area contributed by atoms with E-state index in [2.05, 4.69) is 36.5 Å². The first kappa shape index (κ1) is 20.0. The van der Waals surface area contributed by atoms with Crippen molar-refractivity contribution in [2.75, 3.05) is 24.9 Å². The van der Waals surface area contributed by atoms with Gasteiger partial charge in [0.1, 0.15) is 23.6 Å². The molecule has 152 valence electrons. The highest BCUT2D eigenvalue weighted by Crippen LogP contribution is 2.28. The van der Waals surface area contributed by atoms with Gasteiger partial charge in [-0.1, -0.05) is 22.0 Å². The van der Waals surface area contributed by atoms with E-state index in [1.165, 1.54) is 0 Å².